The second-order valence-corrected chi connectivity index (χ2v) is 7.74. The SMILES string of the molecule is O=C(COc1ncnc2sc3c(c12)CCCCC3)N1CCCCC1. The largest absolute Gasteiger partial charge is 0.467 e. The lowest BCUT2D eigenvalue weighted by Gasteiger charge is -2.26. The van der Waals surface area contributed by atoms with Crippen LogP contribution >= 0.6 is 11.3 Å². The van der Waals surface area contributed by atoms with Crippen molar-refractivity contribution >= 4 is 27.5 Å². The number of rotatable bonds is 3. The van der Waals surface area contributed by atoms with E-state index in [0.29, 0.717) is 5.88 Å². The van der Waals surface area contributed by atoms with Crippen LogP contribution in [0.3, 0.4) is 0 Å². The number of fused-ring (bicyclic) bond motifs is 3. The number of ether oxygens (including phenoxy) is 1. The third kappa shape index (κ3) is 3.11. The number of piperidine rings is 1. The second kappa shape index (κ2) is 7.05. The lowest BCUT2D eigenvalue weighted by molar-refractivity contribution is -0.134. The first-order chi connectivity index (χ1) is 11.8. The number of hydrogen-bond donors (Lipinski definition) is 0. The van der Waals surface area contributed by atoms with Gasteiger partial charge in [-0.25, -0.2) is 9.97 Å². The number of amides is 1. The molecule has 128 valence electrons. The number of hydrogen-bond acceptors (Lipinski definition) is 5. The fourth-order valence-electron chi connectivity index (χ4n) is 3.71. The number of thiophene rings is 1. The lowest BCUT2D eigenvalue weighted by Crippen LogP contribution is -2.38. The van der Waals surface area contributed by atoms with Gasteiger partial charge in [0.05, 0.1) is 5.39 Å². The maximum atomic E-state index is 12.3. The summed E-state index contributed by atoms with van der Waals surface area (Å²) in [7, 11) is 0. The topological polar surface area (TPSA) is 55.3 Å². The minimum absolute atomic E-state index is 0.0720. The average Bonchev–Trinajstić information content (AvgIpc) is 2.82. The molecule has 0 bridgehead atoms. The van der Waals surface area contributed by atoms with Crippen LogP contribution in [0.15, 0.2) is 6.33 Å². The summed E-state index contributed by atoms with van der Waals surface area (Å²) in [6.45, 7) is 1.79. The summed E-state index contributed by atoms with van der Waals surface area (Å²) in [5, 5.41) is 1.05. The molecule has 0 spiro atoms. The molecule has 1 fully saturated rings. The molecule has 2 aromatic rings. The molecule has 3 heterocycles. The summed E-state index contributed by atoms with van der Waals surface area (Å²) in [6.07, 6.45) is 10.9. The number of likely N-dealkylation sites (tertiary alicyclic amines) is 1. The quantitative estimate of drug-likeness (QED) is 0.801. The fraction of sp³-hybridized carbons (Fsp3) is 0.611. The molecular formula is C18H23N3O2S. The summed E-state index contributed by atoms with van der Waals surface area (Å²) >= 11 is 1.76. The van der Waals surface area contributed by atoms with Gasteiger partial charge in [-0.15, -0.1) is 11.3 Å². The molecule has 6 heteroatoms. The Morgan fingerprint density at radius 1 is 1.08 bits per heavy atom. The Hall–Kier alpha value is -1.69. The van der Waals surface area contributed by atoms with Gasteiger partial charge in [-0.1, -0.05) is 6.42 Å². The van der Waals surface area contributed by atoms with Crippen LogP contribution in [0.4, 0.5) is 0 Å². The Kier molecular flexibility index (Phi) is 4.65. The summed E-state index contributed by atoms with van der Waals surface area (Å²) in [6, 6.07) is 0. The molecule has 1 aliphatic carbocycles. The van der Waals surface area contributed by atoms with Crippen LogP contribution in [0, 0.1) is 0 Å². The third-order valence-corrected chi connectivity index (χ3v) is 6.21. The lowest BCUT2D eigenvalue weighted by atomic mass is 10.1. The van der Waals surface area contributed by atoms with E-state index in [9.17, 15) is 4.79 Å². The zero-order valence-corrected chi connectivity index (χ0v) is 14.7. The van der Waals surface area contributed by atoms with Crippen molar-refractivity contribution < 1.29 is 9.53 Å². The van der Waals surface area contributed by atoms with Crippen LogP contribution in [-0.4, -0.2) is 40.5 Å². The van der Waals surface area contributed by atoms with Gasteiger partial charge in [0, 0.05) is 18.0 Å². The van der Waals surface area contributed by atoms with Crippen LogP contribution in [0.1, 0.15) is 49.0 Å². The molecule has 2 aliphatic rings. The zero-order chi connectivity index (χ0) is 16.4. The summed E-state index contributed by atoms with van der Waals surface area (Å²) < 4.78 is 5.86. The van der Waals surface area contributed by atoms with Gasteiger partial charge in [0.2, 0.25) is 5.88 Å². The molecule has 2 aromatic heterocycles. The van der Waals surface area contributed by atoms with Gasteiger partial charge < -0.3 is 9.64 Å². The van der Waals surface area contributed by atoms with Crippen molar-refractivity contribution in [3.8, 4) is 5.88 Å². The van der Waals surface area contributed by atoms with Crippen LogP contribution < -0.4 is 4.74 Å². The van der Waals surface area contributed by atoms with E-state index in [-0.39, 0.29) is 12.5 Å². The normalized spacial score (nSPS) is 18.2. The molecule has 0 aromatic carbocycles. The predicted molar refractivity (Wildman–Crippen MR) is 94.6 cm³/mol. The van der Waals surface area contributed by atoms with Crippen molar-refractivity contribution in [2.75, 3.05) is 19.7 Å². The van der Waals surface area contributed by atoms with Gasteiger partial charge in [-0.2, -0.15) is 0 Å². The number of carbonyl (C=O) groups is 1. The minimum Gasteiger partial charge on any atom is -0.467 e. The van der Waals surface area contributed by atoms with Gasteiger partial charge in [-0.3, -0.25) is 4.79 Å². The molecule has 24 heavy (non-hydrogen) atoms. The van der Waals surface area contributed by atoms with E-state index in [1.54, 1.807) is 17.7 Å². The van der Waals surface area contributed by atoms with Crippen molar-refractivity contribution in [2.24, 2.45) is 0 Å². The Morgan fingerprint density at radius 3 is 2.75 bits per heavy atom. The summed E-state index contributed by atoms with van der Waals surface area (Å²) in [5.74, 6) is 0.660. The molecule has 0 radical (unpaired) electrons. The molecule has 5 nitrogen and oxygen atoms in total. The maximum absolute atomic E-state index is 12.3. The van der Waals surface area contributed by atoms with Gasteiger partial charge in [-0.05, 0) is 50.5 Å². The number of carbonyl (C=O) groups excluding carboxylic acids is 1. The third-order valence-electron chi connectivity index (χ3n) is 5.01. The molecule has 4 rings (SSSR count). The Bertz CT molecular complexity index is 737. The zero-order valence-electron chi connectivity index (χ0n) is 13.9. The highest BCUT2D eigenvalue weighted by molar-refractivity contribution is 7.18. The van der Waals surface area contributed by atoms with Gasteiger partial charge in [0.1, 0.15) is 11.2 Å². The highest BCUT2D eigenvalue weighted by atomic mass is 32.1. The van der Waals surface area contributed by atoms with Crippen LogP contribution in [0.5, 0.6) is 5.88 Å². The number of aromatic nitrogens is 2. The summed E-state index contributed by atoms with van der Waals surface area (Å²) in [4.78, 5) is 25.5. The van der Waals surface area contributed by atoms with Crippen LogP contribution in [0.25, 0.3) is 10.2 Å². The Morgan fingerprint density at radius 2 is 1.88 bits per heavy atom. The Balaban J connectivity index is 1.55. The fourth-order valence-corrected chi connectivity index (χ4v) is 4.93. The van der Waals surface area contributed by atoms with Crippen molar-refractivity contribution in [1.29, 1.82) is 0 Å². The molecular weight excluding hydrogens is 322 g/mol. The first-order valence-electron chi connectivity index (χ1n) is 8.99. The molecule has 0 saturated carbocycles. The second-order valence-electron chi connectivity index (χ2n) is 6.65. The minimum atomic E-state index is 0.0720. The molecule has 0 N–H and O–H groups in total. The van der Waals surface area contributed by atoms with E-state index in [2.05, 4.69) is 9.97 Å². The highest BCUT2D eigenvalue weighted by Crippen LogP contribution is 2.38. The highest BCUT2D eigenvalue weighted by Gasteiger charge is 2.21. The Labute approximate surface area is 146 Å². The summed E-state index contributed by atoms with van der Waals surface area (Å²) in [5.41, 5.74) is 1.36. The number of aryl methyl sites for hydroxylation is 2. The number of nitrogens with zero attached hydrogens (tertiary/aromatic N) is 3. The van der Waals surface area contributed by atoms with E-state index in [1.165, 1.54) is 36.1 Å². The maximum Gasteiger partial charge on any atom is 0.260 e. The van der Waals surface area contributed by atoms with Crippen molar-refractivity contribution in [3.05, 3.63) is 16.8 Å². The van der Waals surface area contributed by atoms with Crippen molar-refractivity contribution in [1.82, 2.24) is 14.9 Å². The van der Waals surface area contributed by atoms with Gasteiger partial charge in [0.15, 0.2) is 6.61 Å². The van der Waals surface area contributed by atoms with Crippen LogP contribution in [-0.2, 0) is 17.6 Å². The molecule has 1 saturated heterocycles. The van der Waals surface area contributed by atoms with Gasteiger partial charge in [0.25, 0.3) is 5.91 Å². The average molecular weight is 345 g/mol. The van der Waals surface area contributed by atoms with E-state index in [4.69, 9.17) is 4.74 Å². The van der Waals surface area contributed by atoms with E-state index >= 15 is 0 Å². The smallest absolute Gasteiger partial charge is 0.260 e. The van der Waals surface area contributed by atoms with E-state index in [0.717, 1.165) is 49.0 Å². The van der Waals surface area contributed by atoms with Gasteiger partial charge >= 0.3 is 0 Å². The monoisotopic (exact) mass is 345 g/mol. The van der Waals surface area contributed by atoms with Crippen LogP contribution in [0.2, 0.25) is 0 Å². The molecule has 1 aliphatic heterocycles. The predicted octanol–water partition coefficient (Wildman–Crippen LogP) is 3.35. The van der Waals surface area contributed by atoms with E-state index < -0.39 is 0 Å². The van der Waals surface area contributed by atoms with Crippen molar-refractivity contribution in [3.63, 3.8) is 0 Å². The first-order valence-corrected chi connectivity index (χ1v) is 9.80. The van der Waals surface area contributed by atoms with Crippen molar-refractivity contribution in [2.45, 2.75) is 51.4 Å². The standard InChI is InChI=1S/C18H23N3O2S/c22-15(21-9-5-2-6-10-21)11-23-17-16-13-7-3-1-4-8-14(13)24-18(16)20-12-19-17/h12H,1-11H2. The van der Waals surface area contributed by atoms with E-state index in [1.807, 2.05) is 4.90 Å². The molecule has 0 atom stereocenters. The molecule has 0 unspecified atom stereocenters. The molecule has 1 amide bonds. The first kappa shape index (κ1) is 15.8.